The van der Waals surface area contributed by atoms with Crippen LogP contribution in [0.3, 0.4) is 0 Å². The molecule has 1 atom stereocenters. The van der Waals surface area contributed by atoms with Crippen molar-refractivity contribution in [1.29, 1.82) is 0 Å². The highest BCUT2D eigenvalue weighted by molar-refractivity contribution is 7.19. The van der Waals surface area contributed by atoms with Gasteiger partial charge >= 0.3 is 6.16 Å². The molecule has 4 nitrogen and oxygen atoms in total. The number of nitrogens with two attached hydrogens (primary N) is 1. The van der Waals surface area contributed by atoms with Gasteiger partial charge in [-0.1, -0.05) is 59.3 Å². The molecule has 0 rings (SSSR count). The lowest BCUT2D eigenvalue weighted by Gasteiger charge is -2.29. The van der Waals surface area contributed by atoms with Crippen molar-refractivity contribution in [3.05, 3.63) is 0 Å². The number of unbranched alkanes of at least 4 members (excludes halogenated alkanes) is 3. The van der Waals surface area contributed by atoms with Gasteiger partial charge in [-0.15, -0.1) is 9.24 Å². The molecule has 5 heteroatoms. The third-order valence-corrected chi connectivity index (χ3v) is 3.95. The molecule has 0 spiro atoms. The molecule has 1 unspecified atom stereocenters. The first-order valence-electron chi connectivity index (χ1n) is 7.70. The molecule has 20 heavy (non-hydrogen) atoms. The average Bonchev–Trinajstić information content (AvgIpc) is 2.42. The highest BCUT2D eigenvalue weighted by Crippen LogP contribution is 2.36. The van der Waals surface area contributed by atoms with Gasteiger partial charge in [-0.05, 0) is 31.5 Å². The van der Waals surface area contributed by atoms with Crippen LogP contribution in [-0.4, -0.2) is 28.6 Å². The number of carbonyl (C=O) groups is 1. The van der Waals surface area contributed by atoms with Gasteiger partial charge in [0.05, 0.1) is 0 Å². The third kappa shape index (κ3) is 22.8. The van der Waals surface area contributed by atoms with Crippen molar-refractivity contribution in [2.75, 3.05) is 7.05 Å². The molecule has 0 aliphatic heterocycles. The summed E-state index contributed by atoms with van der Waals surface area (Å²) in [5.74, 6) is 0. The lowest BCUT2D eigenvalue weighted by atomic mass is 9.90. The van der Waals surface area contributed by atoms with Crippen molar-refractivity contribution in [2.24, 2.45) is 5.73 Å². The molecule has 0 saturated carbocycles. The van der Waals surface area contributed by atoms with Crippen LogP contribution in [0.5, 0.6) is 0 Å². The Morgan fingerprint density at radius 3 is 1.25 bits per heavy atom. The summed E-state index contributed by atoms with van der Waals surface area (Å²) < 4.78 is 0. The average molecular weight is 309 g/mol. The number of rotatable bonds is 9. The first kappa shape index (κ1) is 24.7. The Labute approximate surface area is 127 Å². The summed E-state index contributed by atoms with van der Waals surface area (Å²) in [6.07, 6.45) is 10.6. The molecule has 0 amide bonds. The van der Waals surface area contributed by atoms with E-state index in [4.69, 9.17) is 15.0 Å². The van der Waals surface area contributed by atoms with E-state index in [0.717, 1.165) is 0 Å². The molecule has 0 aromatic rings. The van der Waals surface area contributed by atoms with Gasteiger partial charge in [-0.25, -0.2) is 4.79 Å². The summed E-state index contributed by atoms with van der Waals surface area (Å²) >= 11 is 0. The highest BCUT2D eigenvalue weighted by Gasteiger charge is 2.22. The van der Waals surface area contributed by atoms with E-state index in [-0.39, 0.29) is 0 Å². The fourth-order valence-electron chi connectivity index (χ4n) is 1.96. The molecule has 0 saturated heterocycles. The smallest absolute Gasteiger partial charge is 0.450 e. The molecule has 0 aliphatic carbocycles. The van der Waals surface area contributed by atoms with Crippen LogP contribution in [0, 0.1) is 0 Å². The Balaban J connectivity index is -0.000000410. The highest BCUT2D eigenvalue weighted by atomic mass is 31.0. The third-order valence-electron chi connectivity index (χ3n) is 3.08. The zero-order valence-electron chi connectivity index (χ0n) is 13.8. The van der Waals surface area contributed by atoms with Crippen LogP contribution in [0.1, 0.15) is 78.6 Å². The summed E-state index contributed by atoms with van der Waals surface area (Å²) in [4.78, 5) is 8.56. The second kappa shape index (κ2) is 18.7. The van der Waals surface area contributed by atoms with E-state index in [1.807, 2.05) is 0 Å². The fraction of sp³-hybridized carbons (Fsp3) is 0.933. The summed E-state index contributed by atoms with van der Waals surface area (Å²) in [7, 11) is 4.67. The Morgan fingerprint density at radius 2 is 1.10 bits per heavy atom. The Kier molecular flexibility index (Phi) is 23.0. The maximum absolute atomic E-state index is 8.56. The molecule has 0 fully saturated rings. The number of hydrogen-bond acceptors (Lipinski definition) is 2. The molecule has 4 N–H and O–H groups in total. The van der Waals surface area contributed by atoms with Crippen LogP contribution in [0.15, 0.2) is 0 Å². The SMILES string of the molecule is CCCCC(P)(CCCC)CCCC.CN.O=C(O)O. The van der Waals surface area contributed by atoms with Crippen molar-refractivity contribution in [1.82, 2.24) is 0 Å². The van der Waals surface area contributed by atoms with Gasteiger partial charge < -0.3 is 15.9 Å². The van der Waals surface area contributed by atoms with Gasteiger partial charge in [0.1, 0.15) is 0 Å². The molecular weight excluding hydrogens is 273 g/mol. The molecule has 124 valence electrons. The zero-order chi connectivity index (χ0) is 16.4. The molecular formula is C15H36NO3P. The summed E-state index contributed by atoms with van der Waals surface area (Å²) in [6.45, 7) is 6.89. The van der Waals surface area contributed by atoms with Crippen LogP contribution in [0.4, 0.5) is 4.79 Å². The van der Waals surface area contributed by atoms with Gasteiger partial charge in [0.25, 0.3) is 0 Å². The van der Waals surface area contributed by atoms with Crippen LogP contribution in [0.2, 0.25) is 0 Å². The lowest BCUT2D eigenvalue weighted by Crippen LogP contribution is -2.20. The standard InChI is InChI=1S/C13H29P.CH5N.CH2O3/c1-4-7-10-13(14,11-8-5-2)12-9-6-3;1-2;2-1(3)4/h4-12,14H2,1-3H3;2H2,1H3;(H2,2,3,4). The van der Waals surface area contributed by atoms with Crippen LogP contribution in [-0.2, 0) is 0 Å². The van der Waals surface area contributed by atoms with Crippen molar-refractivity contribution in [3.8, 4) is 0 Å². The second-order valence-electron chi connectivity index (χ2n) is 4.96. The molecule has 0 aliphatic rings. The van der Waals surface area contributed by atoms with E-state index in [0.29, 0.717) is 5.16 Å². The molecule has 0 radical (unpaired) electrons. The normalized spacial score (nSPS) is 9.90. The van der Waals surface area contributed by atoms with E-state index >= 15 is 0 Å². The van der Waals surface area contributed by atoms with Crippen LogP contribution >= 0.6 is 9.24 Å². The van der Waals surface area contributed by atoms with Gasteiger partial charge in [0, 0.05) is 0 Å². The second-order valence-corrected chi connectivity index (χ2v) is 6.18. The summed E-state index contributed by atoms with van der Waals surface area (Å²) in [5.41, 5.74) is 4.50. The topological polar surface area (TPSA) is 83.6 Å². The molecule has 0 heterocycles. The van der Waals surface area contributed by atoms with Crippen molar-refractivity contribution in [3.63, 3.8) is 0 Å². The quantitative estimate of drug-likeness (QED) is 0.525. The van der Waals surface area contributed by atoms with E-state index in [2.05, 4.69) is 35.7 Å². The predicted octanol–water partition coefficient (Wildman–Crippen LogP) is 4.97. The van der Waals surface area contributed by atoms with Gasteiger partial charge in [-0.3, -0.25) is 0 Å². The predicted molar refractivity (Wildman–Crippen MR) is 91.8 cm³/mol. The number of hydrogen-bond donors (Lipinski definition) is 3. The zero-order valence-corrected chi connectivity index (χ0v) is 15.0. The maximum Gasteiger partial charge on any atom is 0.503 e. The van der Waals surface area contributed by atoms with Gasteiger partial charge in [0.15, 0.2) is 0 Å². The van der Waals surface area contributed by atoms with Gasteiger partial charge in [0.2, 0.25) is 0 Å². The molecule has 0 aromatic carbocycles. The Bertz CT molecular complexity index is 176. The van der Waals surface area contributed by atoms with E-state index in [1.165, 1.54) is 64.8 Å². The molecule has 0 bridgehead atoms. The molecule has 0 aromatic heterocycles. The van der Waals surface area contributed by atoms with E-state index in [1.54, 1.807) is 0 Å². The largest absolute Gasteiger partial charge is 0.503 e. The summed E-state index contributed by atoms with van der Waals surface area (Å²) in [6, 6.07) is 0. The Hall–Kier alpha value is -0.340. The van der Waals surface area contributed by atoms with Crippen LogP contribution < -0.4 is 5.73 Å². The minimum absolute atomic E-state index is 0.571. The van der Waals surface area contributed by atoms with Crippen LogP contribution in [0.25, 0.3) is 0 Å². The lowest BCUT2D eigenvalue weighted by molar-refractivity contribution is 0.137. The van der Waals surface area contributed by atoms with Crippen molar-refractivity contribution in [2.45, 2.75) is 83.7 Å². The minimum Gasteiger partial charge on any atom is -0.450 e. The van der Waals surface area contributed by atoms with Crippen molar-refractivity contribution >= 4 is 15.4 Å². The van der Waals surface area contributed by atoms with E-state index in [9.17, 15) is 0 Å². The van der Waals surface area contributed by atoms with Gasteiger partial charge in [-0.2, -0.15) is 0 Å². The number of carboxylic acid groups (broad SMARTS) is 2. The Morgan fingerprint density at radius 1 is 0.900 bits per heavy atom. The first-order valence-corrected chi connectivity index (χ1v) is 8.28. The monoisotopic (exact) mass is 309 g/mol. The maximum atomic E-state index is 8.56. The fourth-order valence-corrected chi connectivity index (χ4v) is 2.57. The summed E-state index contributed by atoms with van der Waals surface area (Å²) in [5, 5.41) is 14.5. The van der Waals surface area contributed by atoms with E-state index < -0.39 is 6.16 Å². The van der Waals surface area contributed by atoms with Crippen molar-refractivity contribution < 1.29 is 15.0 Å². The first-order chi connectivity index (χ1) is 9.41. The minimum atomic E-state index is -1.83.